The second kappa shape index (κ2) is 10.1. The highest BCUT2D eigenvalue weighted by atomic mass is 79.9. The molecule has 0 saturated carbocycles. The Morgan fingerprint density at radius 1 is 1.11 bits per heavy atom. The van der Waals surface area contributed by atoms with Crippen molar-refractivity contribution in [1.29, 1.82) is 0 Å². The molecule has 0 spiro atoms. The van der Waals surface area contributed by atoms with E-state index in [-0.39, 0.29) is 35.1 Å². The Bertz CT molecular complexity index is 1400. The topological polar surface area (TPSA) is 73.6 Å². The number of rotatable bonds is 6. The number of allylic oxidation sites excluding steroid dienone is 2. The lowest BCUT2D eigenvalue weighted by Crippen LogP contribution is -2.30. The molecule has 1 N–H and O–H groups in total. The number of methoxy groups -OCH3 is 1. The van der Waals surface area contributed by atoms with Gasteiger partial charge in [-0.1, -0.05) is 53.0 Å². The Morgan fingerprint density at radius 3 is 2.61 bits per heavy atom. The molecule has 0 saturated heterocycles. The van der Waals surface area contributed by atoms with Crippen molar-refractivity contribution < 1.29 is 14.4 Å². The van der Waals surface area contributed by atoms with Gasteiger partial charge in [-0.15, -0.1) is 0 Å². The molecule has 5 rings (SSSR count). The zero-order valence-electron chi connectivity index (χ0n) is 18.9. The summed E-state index contributed by atoms with van der Waals surface area (Å²) >= 11 is 22.3. The maximum Gasteiger partial charge on any atom is 0.275 e. The maximum absolute atomic E-state index is 11.7. The smallest absolute Gasteiger partial charge is 0.275 e. The number of anilines is 1. The highest BCUT2D eigenvalue weighted by molar-refractivity contribution is 9.10. The van der Waals surface area contributed by atoms with Crippen molar-refractivity contribution in [2.45, 2.75) is 25.0 Å². The van der Waals surface area contributed by atoms with Crippen molar-refractivity contribution in [2.75, 3.05) is 12.4 Å². The summed E-state index contributed by atoms with van der Waals surface area (Å²) in [5.41, 5.74) is 3.12. The number of benzene rings is 3. The normalized spacial score (nSPS) is 19.9. The molecule has 0 amide bonds. The number of halogens is 4. The molecule has 3 aromatic carbocycles. The molecule has 0 radical (unpaired) electrons. The molecular formula is C26H20BrCl3N2O4. The van der Waals surface area contributed by atoms with Crippen LogP contribution in [0.4, 0.5) is 11.4 Å². The van der Waals surface area contributed by atoms with Crippen LogP contribution in [0, 0.1) is 16.0 Å². The molecule has 10 heteroatoms. The van der Waals surface area contributed by atoms with E-state index >= 15 is 0 Å². The zero-order chi connectivity index (χ0) is 25.6. The van der Waals surface area contributed by atoms with E-state index in [1.54, 1.807) is 25.3 Å². The molecule has 1 aliphatic carbocycles. The lowest BCUT2D eigenvalue weighted by atomic mass is 9.76. The Labute approximate surface area is 231 Å². The third-order valence-electron chi connectivity index (χ3n) is 6.62. The minimum Gasteiger partial charge on any atom is -0.493 e. The van der Waals surface area contributed by atoms with E-state index in [2.05, 4.69) is 27.3 Å². The number of hydrogen-bond acceptors (Lipinski definition) is 5. The molecular weight excluding hydrogens is 591 g/mol. The average Bonchev–Trinajstić information content (AvgIpc) is 3.34. The van der Waals surface area contributed by atoms with Crippen molar-refractivity contribution >= 4 is 62.1 Å². The number of nitro benzene ring substituents is 1. The van der Waals surface area contributed by atoms with Crippen LogP contribution in [-0.2, 0) is 6.61 Å². The number of hydrogen-bond donors (Lipinski definition) is 1. The van der Waals surface area contributed by atoms with Crippen LogP contribution in [0.25, 0.3) is 0 Å². The molecule has 1 heterocycles. The van der Waals surface area contributed by atoms with E-state index in [0.29, 0.717) is 37.8 Å². The first-order valence-corrected chi connectivity index (χ1v) is 13.0. The Kier molecular flexibility index (Phi) is 7.10. The third kappa shape index (κ3) is 4.54. The number of ether oxygens (including phenoxy) is 2. The van der Waals surface area contributed by atoms with Gasteiger partial charge in [0.05, 0.1) is 48.9 Å². The third-order valence-corrected chi connectivity index (χ3v) is 8.26. The number of nitrogens with one attached hydrogen (secondary N) is 1. The van der Waals surface area contributed by atoms with E-state index < -0.39 is 0 Å². The SMILES string of the molecule is COc1cc([C@@H]2Nc3c(Cl)ccc([N+](=O)[O-])c3[C@@H]3C=CC[C@@H]32)cc(Br)c1OCc1ccc(Cl)c(Cl)c1. The van der Waals surface area contributed by atoms with E-state index in [0.717, 1.165) is 22.0 Å². The molecule has 0 bridgehead atoms. The first-order valence-electron chi connectivity index (χ1n) is 11.1. The lowest BCUT2D eigenvalue weighted by Gasteiger charge is -2.37. The summed E-state index contributed by atoms with van der Waals surface area (Å²) in [5, 5.41) is 16.6. The predicted molar refractivity (Wildman–Crippen MR) is 146 cm³/mol. The van der Waals surface area contributed by atoms with E-state index in [4.69, 9.17) is 44.3 Å². The second-order valence-electron chi connectivity index (χ2n) is 8.66. The van der Waals surface area contributed by atoms with Gasteiger partial charge in [-0.3, -0.25) is 10.1 Å². The second-order valence-corrected chi connectivity index (χ2v) is 10.7. The molecule has 36 heavy (non-hydrogen) atoms. The van der Waals surface area contributed by atoms with Crippen LogP contribution in [0.1, 0.15) is 35.1 Å². The first-order chi connectivity index (χ1) is 17.3. The summed E-state index contributed by atoms with van der Waals surface area (Å²) in [5.74, 6) is 1.06. The van der Waals surface area contributed by atoms with Gasteiger partial charge >= 0.3 is 0 Å². The van der Waals surface area contributed by atoms with Gasteiger partial charge in [0.2, 0.25) is 0 Å². The number of nitrogens with zero attached hydrogens (tertiary/aromatic N) is 1. The fourth-order valence-electron chi connectivity index (χ4n) is 4.99. The predicted octanol–water partition coefficient (Wildman–Crippen LogP) is 8.73. The molecule has 0 aromatic heterocycles. The fourth-order valence-corrected chi connectivity index (χ4v) is 6.10. The van der Waals surface area contributed by atoms with Gasteiger partial charge in [-0.05, 0) is 69.7 Å². The van der Waals surface area contributed by atoms with E-state index in [1.165, 1.54) is 6.07 Å². The molecule has 3 atom stereocenters. The summed E-state index contributed by atoms with van der Waals surface area (Å²) in [7, 11) is 1.58. The number of fused-ring (bicyclic) bond motifs is 3. The molecule has 0 unspecified atom stereocenters. The number of nitro groups is 1. The van der Waals surface area contributed by atoms with Crippen molar-refractivity contribution in [2.24, 2.45) is 5.92 Å². The Balaban J connectivity index is 1.49. The molecule has 3 aromatic rings. The van der Waals surface area contributed by atoms with Crippen LogP contribution in [0.2, 0.25) is 15.1 Å². The summed E-state index contributed by atoms with van der Waals surface area (Å²) in [4.78, 5) is 11.4. The summed E-state index contributed by atoms with van der Waals surface area (Å²) < 4.78 is 12.5. The highest BCUT2D eigenvalue weighted by Crippen LogP contribution is 2.55. The summed E-state index contributed by atoms with van der Waals surface area (Å²) in [6, 6.07) is 12.1. The van der Waals surface area contributed by atoms with Crippen LogP contribution in [-0.4, -0.2) is 12.0 Å². The molecule has 1 aliphatic heterocycles. The Morgan fingerprint density at radius 2 is 1.89 bits per heavy atom. The van der Waals surface area contributed by atoms with Crippen molar-refractivity contribution in [3.05, 3.63) is 101 Å². The maximum atomic E-state index is 11.7. The van der Waals surface area contributed by atoms with Crippen LogP contribution in [0.3, 0.4) is 0 Å². The van der Waals surface area contributed by atoms with Gasteiger partial charge in [0.25, 0.3) is 5.69 Å². The molecule has 6 nitrogen and oxygen atoms in total. The van der Waals surface area contributed by atoms with Crippen LogP contribution >= 0.6 is 50.7 Å². The van der Waals surface area contributed by atoms with E-state index in [9.17, 15) is 10.1 Å². The average molecular weight is 611 g/mol. The molecule has 2 aliphatic rings. The van der Waals surface area contributed by atoms with E-state index in [1.807, 2.05) is 24.3 Å². The minimum absolute atomic E-state index is 0.0757. The lowest BCUT2D eigenvalue weighted by molar-refractivity contribution is -0.385. The Hall–Kier alpha value is -2.45. The van der Waals surface area contributed by atoms with Gasteiger partial charge in [-0.2, -0.15) is 0 Å². The van der Waals surface area contributed by atoms with Gasteiger partial charge < -0.3 is 14.8 Å². The highest BCUT2D eigenvalue weighted by Gasteiger charge is 2.42. The standard InChI is InChI=1S/C26H20BrCl3N2O4/c1-35-22-11-14(10-17(27)26(22)36-12-13-5-6-18(28)20(30)9-13)24-16-4-2-3-15(16)23-21(32(33)34)8-7-19(29)25(23)31-24/h2-3,5-11,15-16,24,31H,4,12H2,1H3/t15-,16+,24+/m1/s1. The van der Waals surface area contributed by atoms with Crippen molar-refractivity contribution in [3.8, 4) is 11.5 Å². The largest absolute Gasteiger partial charge is 0.493 e. The van der Waals surface area contributed by atoms with Crippen LogP contribution in [0.15, 0.2) is 59.1 Å². The van der Waals surface area contributed by atoms with Gasteiger partial charge in [0.1, 0.15) is 6.61 Å². The first kappa shape index (κ1) is 25.2. The quantitative estimate of drug-likeness (QED) is 0.172. The molecule has 0 fully saturated rings. The fraction of sp³-hybridized carbons (Fsp3) is 0.231. The van der Waals surface area contributed by atoms with Gasteiger partial charge in [0, 0.05) is 12.0 Å². The summed E-state index contributed by atoms with van der Waals surface area (Å²) in [6.07, 6.45) is 4.90. The van der Waals surface area contributed by atoms with Crippen molar-refractivity contribution in [3.63, 3.8) is 0 Å². The zero-order valence-corrected chi connectivity index (χ0v) is 22.8. The van der Waals surface area contributed by atoms with Gasteiger partial charge in [-0.25, -0.2) is 0 Å². The molecule has 186 valence electrons. The van der Waals surface area contributed by atoms with Gasteiger partial charge in [0.15, 0.2) is 11.5 Å². The summed E-state index contributed by atoms with van der Waals surface area (Å²) in [6.45, 7) is 0.272. The van der Waals surface area contributed by atoms with Crippen LogP contribution < -0.4 is 14.8 Å². The van der Waals surface area contributed by atoms with Crippen LogP contribution in [0.5, 0.6) is 11.5 Å². The monoisotopic (exact) mass is 608 g/mol. The minimum atomic E-state index is -0.347. The van der Waals surface area contributed by atoms with Crippen molar-refractivity contribution in [1.82, 2.24) is 0 Å².